The number of carboxylic acid groups (broad SMARTS) is 1. The van der Waals surface area contributed by atoms with Crippen molar-refractivity contribution in [1.82, 2.24) is 105 Å². The van der Waals surface area contributed by atoms with Crippen molar-refractivity contribution in [1.29, 1.82) is 5.41 Å². The highest BCUT2D eigenvalue weighted by molar-refractivity contribution is 6.09. The van der Waals surface area contributed by atoms with Crippen molar-refractivity contribution in [2.45, 2.75) is 281 Å². The van der Waals surface area contributed by atoms with E-state index in [9.17, 15) is 92.0 Å². The van der Waals surface area contributed by atoms with Crippen LogP contribution in [-0.4, -0.2) is 294 Å². The van der Waals surface area contributed by atoms with E-state index in [1.807, 2.05) is 0 Å². The second-order valence-electron chi connectivity index (χ2n) is 36.3. The number of fused-ring (bicyclic) bond motifs is 2. The van der Waals surface area contributed by atoms with Gasteiger partial charge in [0.1, 0.15) is 96.7 Å². The lowest BCUT2D eigenvalue weighted by Gasteiger charge is -2.32. The molecule has 0 spiro atoms. The highest BCUT2D eigenvalue weighted by Crippen LogP contribution is 2.24. The van der Waals surface area contributed by atoms with Crippen molar-refractivity contribution >= 4 is 124 Å². The van der Waals surface area contributed by atoms with Crippen LogP contribution in [0.15, 0.2) is 104 Å². The molecular formula is C93H134N24O23. The molecule has 4 aromatic rings. The number of aromatic nitrogens is 2. The number of imidazole rings is 1. The van der Waals surface area contributed by atoms with E-state index < -0.39 is 282 Å². The predicted molar refractivity (Wildman–Crippen MR) is 503 cm³/mol. The van der Waals surface area contributed by atoms with Crippen LogP contribution < -0.4 is 102 Å². The third kappa shape index (κ3) is 33.7. The number of hydrogen-bond acceptors (Lipinski definition) is 24. The van der Waals surface area contributed by atoms with Crippen LogP contribution in [0.5, 0.6) is 0 Å². The number of nitrogens with zero attached hydrogens (tertiary/aromatic N) is 3. The second-order valence-corrected chi connectivity index (χ2v) is 36.3. The minimum absolute atomic E-state index is 0.0363. The minimum Gasteiger partial charge on any atom is -0.481 e. The number of carbonyl (C=O) groups excluding carboxylic acids is 19. The summed E-state index contributed by atoms with van der Waals surface area (Å²) in [6, 6.07) is -4.10. The Morgan fingerprint density at radius 1 is 0.429 bits per heavy atom. The molecule has 0 radical (unpaired) electrons. The van der Waals surface area contributed by atoms with Crippen molar-refractivity contribution < 1.29 is 111 Å². The molecule has 3 aliphatic heterocycles. The molecule has 0 saturated carbocycles. The van der Waals surface area contributed by atoms with Crippen LogP contribution in [0.4, 0.5) is 0 Å². The summed E-state index contributed by atoms with van der Waals surface area (Å²) < 4.78 is 0. The molecule has 4 heterocycles. The van der Waals surface area contributed by atoms with E-state index in [1.165, 1.54) is 26.4 Å². The van der Waals surface area contributed by atoms with Gasteiger partial charge in [-0.05, 0) is 106 Å². The first-order valence-corrected chi connectivity index (χ1v) is 46.7. The summed E-state index contributed by atoms with van der Waals surface area (Å²) in [6.07, 6.45) is -4.73. The summed E-state index contributed by atoms with van der Waals surface area (Å²) in [5.74, 6) is -26.2. The van der Waals surface area contributed by atoms with Crippen molar-refractivity contribution in [3.05, 3.63) is 126 Å². The van der Waals surface area contributed by atoms with Crippen LogP contribution in [0.25, 0.3) is 0 Å². The molecular weight excluding hydrogens is 1820 g/mol. The first kappa shape index (κ1) is 112. The van der Waals surface area contributed by atoms with E-state index in [4.69, 9.17) is 22.6 Å². The minimum atomic E-state index is -2.32. The highest BCUT2D eigenvalue weighted by Gasteiger charge is 2.47. The monoisotopic (exact) mass is 1960 g/mol. The summed E-state index contributed by atoms with van der Waals surface area (Å²) in [5, 5.41) is 80.6. The Morgan fingerprint density at radius 3 is 1.21 bits per heavy atom. The molecule has 3 aliphatic rings. The van der Waals surface area contributed by atoms with Gasteiger partial charge in [-0.3, -0.25) is 101 Å². The third-order valence-corrected chi connectivity index (χ3v) is 24.2. The van der Waals surface area contributed by atoms with Gasteiger partial charge in [0, 0.05) is 63.6 Å². The fourth-order valence-corrected chi connectivity index (χ4v) is 16.1. The van der Waals surface area contributed by atoms with Gasteiger partial charge in [0.2, 0.25) is 106 Å². The molecule has 0 unspecified atom stereocenters. The van der Waals surface area contributed by atoms with Crippen LogP contribution in [0, 0.1) is 29.1 Å². The van der Waals surface area contributed by atoms with E-state index in [-0.39, 0.29) is 90.3 Å². The quantitative estimate of drug-likeness (QED) is 0.0127. The number of aliphatic carboxylic acids is 1. The molecule has 19 amide bonds. The van der Waals surface area contributed by atoms with Gasteiger partial charge in [0.15, 0.2) is 12.0 Å². The number of carbonyl (C=O) groups is 20. The summed E-state index contributed by atoms with van der Waals surface area (Å²) in [7, 11) is 0. The molecule has 764 valence electrons. The lowest BCUT2D eigenvalue weighted by molar-refractivity contribution is -0.146. The molecule has 7 rings (SSSR count). The van der Waals surface area contributed by atoms with Crippen LogP contribution in [0.2, 0.25) is 0 Å². The van der Waals surface area contributed by atoms with Gasteiger partial charge in [0.25, 0.3) is 5.91 Å². The van der Waals surface area contributed by atoms with Crippen LogP contribution >= 0.6 is 0 Å². The molecule has 3 saturated heterocycles. The van der Waals surface area contributed by atoms with E-state index in [0.717, 1.165) is 30.6 Å². The zero-order valence-electron chi connectivity index (χ0n) is 80.2. The molecule has 0 bridgehead atoms. The maximum Gasteiger partial charge on any atom is 0.303 e. The number of nitrogens with two attached hydrogens (primary N) is 3. The number of H-pyrrole nitrogens is 1. The Labute approximate surface area is 809 Å². The van der Waals surface area contributed by atoms with Gasteiger partial charge < -0.3 is 132 Å². The van der Waals surface area contributed by atoms with E-state index >= 15 is 19.2 Å². The smallest absolute Gasteiger partial charge is 0.303 e. The van der Waals surface area contributed by atoms with Gasteiger partial charge in [-0.25, -0.2) is 4.98 Å². The number of hydrogen-bond donors (Lipinski definition) is 24. The number of aliphatic hydroxyl groups excluding tert-OH is 2. The van der Waals surface area contributed by atoms with Gasteiger partial charge in [-0.1, -0.05) is 153 Å². The maximum atomic E-state index is 15.4. The van der Waals surface area contributed by atoms with Crippen molar-refractivity contribution in [3.63, 3.8) is 0 Å². The van der Waals surface area contributed by atoms with Gasteiger partial charge in [-0.15, -0.1) is 0 Å². The third-order valence-electron chi connectivity index (χ3n) is 24.2. The average Bonchev–Trinajstić information content (AvgIpc) is 1.69. The van der Waals surface area contributed by atoms with Crippen LogP contribution in [0.1, 0.15) is 163 Å². The normalized spacial score (nSPS) is 26.2. The number of nitrogens with one attached hydrogen (secondary N) is 18. The summed E-state index contributed by atoms with van der Waals surface area (Å²) >= 11 is 0. The zero-order valence-corrected chi connectivity index (χ0v) is 80.2. The molecule has 20 atom stereocenters. The number of benzene rings is 3. The Kier molecular flexibility index (Phi) is 43.4. The number of carboxylic acids is 1. The molecule has 3 aromatic carbocycles. The summed E-state index contributed by atoms with van der Waals surface area (Å²) in [5.41, 5.74) is 18.8. The summed E-state index contributed by atoms with van der Waals surface area (Å²) in [6.45, 7) is 15.3. The first-order chi connectivity index (χ1) is 66.2. The Morgan fingerprint density at radius 2 is 0.786 bits per heavy atom. The molecule has 3 fully saturated rings. The average molecular weight is 1960 g/mol. The number of amides is 19. The number of aromatic amines is 1. The molecule has 0 aliphatic carbocycles. The van der Waals surface area contributed by atoms with Crippen molar-refractivity contribution in [2.24, 2.45) is 40.9 Å². The number of primary amides is 2. The molecule has 140 heavy (non-hydrogen) atoms. The van der Waals surface area contributed by atoms with Gasteiger partial charge in [-0.2, -0.15) is 0 Å². The SMILES string of the molecule is CC[C@H](C)[C@@H]1NC(=O)[C@H](CC(N)=O)NC(=O)[C@H](Cc2ccccc2)NC(=O)[C@H](Cc2ccccc2)NC(=O)[C@H](Cc2ccccc2)NC(=O)[C@H](Cc2cnc[nH]2)NC(=O)[C@H](C(C)C)NC(=O)[C@H](C(C)C)NC(=O)[C@@H]2CCCN2C(=O)[C@H](C(N)=O)NC(=O)[C@H](CCC(=O)O)NC(=O)[C@@H]2CCCN2C(=O)[C@H]([C@@H](C)O)NC(=O)[C@H](CCCNC(=N)N)NC(=O)[C@H](C)NC(=O)[C@H]([C@@H](C)O)NC(=O)[C@H](C(C)C)NC1=O. The Bertz CT molecular complexity index is 5030. The zero-order chi connectivity index (χ0) is 104. The lowest BCUT2D eigenvalue weighted by atomic mass is 9.95. The number of rotatable bonds is 25. The van der Waals surface area contributed by atoms with E-state index in [2.05, 4.69) is 95.0 Å². The van der Waals surface area contributed by atoms with Crippen LogP contribution in [0.3, 0.4) is 0 Å². The van der Waals surface area contributed by atoms with Crippen molar-refractivity contribution in [3.8, 4) is 0 Å². The van der Waals surface area contributed by atoms with Crippen LogP contribution in [-0.2, 0) is 122 Å². The van der Waals surface area contributed by atoms with E-state index in [0.29, 0.717) is 22.4 Å². The van der Waals surface area contributed by atoms with E-state index in [1.54, 1.807) is 133 Å². The number of aliphatic hydroxyl groups is 2. The maximum absolute atomic E-state index is 15.4. The lowest BCUT2D eigenvalue weighted by Crippen LogP contribution is -2.63. The molecule has 27 N–H and O–H groups in total. The van der Waals surface area contributed by atoms with Crippen molar-refractivity contribution in [2.75, 3.05) is 19.6 Å². The predicted octanol–water partition coefficient (Wildman–Crippen LogP) is -5.77. The van der Waals surface area contributed by atoms with Gasteiger partial charge in [0.05, 0.1) is 25.0 Å². The highest BCUT2D eigenvalue weighted by atomic mass is 16.4. The molecule has 1 aromatic heterocycles. The van der Waals surface area contributed by atoms with Gasteiger partial charge >= 0.3 is 5.97 Å². The largest absolute Gasteiger partial charge is 0.481 e. The standard InChI is InChI=1S/C93H134N24O23/c1-12-49(8)71-89(137)111-70(48(6)7)88(136)113-72(51(10)118)90(138)101-50(9)76(124)102-57(31-22-36-99-93(96)97)77(125)114-73(52(11)119)91(139)116-37-23-32-64(116)84(132)103-58(34-35-67(121)122)78(126)115-74(75(95)123)92(140)117-38-24-33-65(117)85(133)109-69(47(4)5)87(135)110-68(46(2)3)86(134)108-62(42-56-44-98-45-100-56)82(130)106-60(40-54-27-18-14-19-28-54)80(128)104-59(39-53-25-16-13-17-26-53)79(127)105-61(41-55-29-20-15-21-30-55)81(129)107-63(43-66(94)120)83(131)112-71/h13-21,25-30,44-52,57-65,68-74,118-119H,12,22-24,31-43H2,1-11H3,(H2,94,120)(H2,95,123)(H,98,100)(H,101,138)(H,102,124)(H,103,132)(H,104,128)(H,105,127)(H,106,130)(H,107,129)(H,108,134)(H,109,133)(H,110,135)(H,111,137)(H,112,131)(H,113,136)(H,114,125)(H,115,126)(H,121,122)(H4,96,97,99)/t49-,50-,51+,52+,57-,58-,59-,60-,61-,62-,63-,64-,65-,68-,69-,70-,71-,72-,73-,74-/m0/s1. The number of guanidine groups is 1. The Balaban J connectivity index is 1.29. The molecule has 47 nitrogen and oxygen atoms in total. The first-order valence-electron chi connectivity index (χ1n) is 46.7. The topological polar surface area (TPSA) is 732 Å². The fourth-order valence-electron chi connectivity index (χ4n) is 16.1. The second kappa shape index (κ2) is 54.0. The summed E-state index contributed by atoms with van der Waals surface area (Å²) in [4.78, 5) is 299. The fraction of sp³-hybridized carbons (Fsp3) is 0.548. The molecule has 47 heteroatoms. The Hall–Kier alpha value is -14.5.